The van der Waals surface area contributed by atoms with Crippen molar-refractivity contribution in [2.75, 3.05) is 11.6 Å². The molecule has 0 spiro atoms. The zero-order valence-corrected chi connectivity index (χ0v) is 8.05. The van der Waals surface area contributed by atoms with Crippen LogP contribution in [0, 0.1) is 5.92 Å². The lowest BCUT2D eigenvalue weighted by atomic mass is 10.1. The molecular formula is C8H15ClS. The molecule has 2 heteroatoms. The SMILES string of the molecule is CC(CCl)CC1CCCS1. The molecule has 1 aliphatic heterocycles. The summed E-state index contributed by atoms with van der Waals surface area (Å²) in [6.45, 7) is 2.24. The minimum absolute atomic E-state index is 0.720. The molecule has 0 bridgehead atoms. The Morgan fingerprint density at radius 1 is 1.70 bits per heavy atom. The lowest BCUT2D eigenvalue weighted by Crippen LogP contribution is -2.05. The van der Waals surface area contributed by atoms with Crippen LogP contribution in [0.1, 0.15) is 26.2 Å². The fourth-order valence-corrected chi connectivity index (χ4v) is 2.93. The van der Waals surface area contributed by atoms with Gasteiger partial charge in [-0.15, -0.1) is 11.6 Å². The molecule has 0 aromatic carbocycles. The Bertz CT molecular complexity index is 89.3. The fourth-order valence-electron chi connectivity index (χ4n) is 1.34. The summed E-state index contributed by atoms with van der Waals surface area (Å²) in [5, 5.41) is 0.925. The van der Waals surface area contributed by atoms with Crippen LogP contribution in [0.2, 0.25) is 0 Å². The summed E-state index contributed by atoms with van der Waals surface area (Å²) < 4.78 is 0. The van der Waals surface area contributed by atoms with Crippen LogP contribution in [0.4, 0.5) is 0 Å². The van der Waals surface area contributed by atoms with E-state index < -0.39 is 0 Å². The summed E-state index contributed by atoms with van der Waals surface area (Å²) >= 11 is 7.85. The quantitative estimate of drug-likeness (QED) is 0.599. The largest absolute Gasteiger partial charge is 0.159 e. The van der Waals surface area contributed by atoms with Crippen LogP contribution in [-0.4, -0.2) is 16.9 Å². The molecule has 60 valence electrons. The molecule has 2 unspecified atom stereocenters. The van der Waals surface area contributed by atoms with E-state index in [9.17, 15) is 0 Å². The summed E-state index contributed by atoms with van der Waals surface area (Å²) in [7, 11) is 0. The van der Waals surface area contributed by atoms with Crippen molar-refractivity contribution < 1.29 is 0 Å². The number of hydrogen-bond acceptors (Lipinski definition) is 1. The summed E-state index contributed by atoms with van der Waals surface area (Å²) in [5.41, 5.74) is 0. The lowest BCUT2D eigenvalue weighted by Gasteiger charge is -2.11. The molecule has 0 N–H and O–H groups in total. The number of rotatable bonds is 3. The molecule has 0 aromatic rings. The Morgan fingerprint density at radius 3 is 3.00 bits per heavy atom. The number of thioether (sulfide) groups is 1. The van der Waals surface area contributed by atoms with Crippen molar-refractivity contribution in [2.24, 2.45) is 5.92 Å². The molecule has 1 saturated heterocycles. The van der Waals surface area contributed by atoms with Crippen LogP contribution in [0.15, 0.2) is 0 Å². The highest BCUT2D eigenvalue weighted by atomic mass is 35.5. The molecular weight excluding hydrogens is 164 g/mol. The average Bonchev–Trinajstić information content (AvgIpc) is 2.40. The maximum Gasteiger partial charge on any atom is 0.0249 e. The molecule has 0 radical (unpaired) electrons. The van der Waals surface area contributed by atoms with E-state index in [0.29, 0.717) is 0 Å². The standard InChI is InChI=1S/C8H15ClS/c1-7(6-9)5-8-3-2-4-10-8/h7-8H,2-6H2,1H3. The van der Waals surface area contributed by atoms with Crippen molar-refractivity contribution in [2.45, 2.75) is 31.4 Å². The first-order chi connectivity index (χ1) is 4.83. The number of hydrogen-bond donors (Lipinski definition) is 0. The summed E-state index contributed by atoms with van der Waals surface area (Å²) in [4.78, 5) is 0. The highest BCUT2D eigenvalue weighted by Gasteiger charge is 2.17. The summed E-state index contributed by atoms with van der Waals surface area (Å²) in [6, 6.07) is 0. The van der Waals surface area contributed by atoms with Crippen LogP contribution < -0.4 is 0 Å². The predicted molar refractivity (Wildman–Crippen MR) is 50.0 cm³/mol. The van der Waals surface area contributed by atoms with Gasteiger partial charge in [-0.3, -0.25) is 0 Å². The Hall–Kier alpha value is 0.640. The van der Waals surface area contributed by atoms with Gasteiger partial charge in [0, 0.05) is 11.1 Å². The zero-order valence-electron chi connectivity index (χ0n) is 6.48. The van der Waals surface area contributed by atoms with Gasteiger partial charge >= 0.3 is 0 Å². The van der Waals surface area contributed by atoms with E-state index >= 15 is 0 Å². The molecule has 1 heterocycles. The highest BCUT2D eigenvalue weighted by Crippen LogP contribution is 2.31. The topological polar surface area (TPSA) is 0 Å². The second-order valence-electron chi connectivity index (χ2n) is 3.13. The third-order valence-electron chi connectivity index (χ3n) is 1.95. The third-order valence-corrected chi connectivity index (χ3v) is 3.90. The van der Waals surface area contributed by atoms with Gasteiger partial charge in [-0.1, -0.05) is 6.92 Å². The highest BCUT2D eigenvalue weighted by molar-refractivity contribution is 8.00. The summed E-state index contributed by atoms with van der Waals surface area (Å²) in [6.07, 6.45) is 4.17. The molecule has 1 aliphatic rings. The van der Waals surface area contributed by atoms with Gasteiger partial charge in [0.25, 0.3) is 0 Å². The number of alkyl halides is 1. The molecule has 0 aromatic heterocycles. The van der Waals surface area contributed by atoms with E-state index in [1.165, 1.54) is 25.0 Å². The van der Waals surface area contributed by atoms with Gasteiger partial charge in [0.15, 0.2) is 0 Å². The molecule has 0 amide bonds. The van der Waals surface area contributed by atoms with Crippen molar-refractivity contribution >= 4 is 23.4 Å². The smallest absolute Gasteiger partial charge is 0.0249 e. The van der Waals surface area contributed by atoms with Gasteiger partial charge < -0.3 is 0 Å². The first-order valence-corrected chi connectivity index (χ1v) is 5.59. The van der Waals surface area contributed by atoms with E-state index in [-0.39, 0.29) is 0 Å². The Kier molecular flexibility index (Phi) is 3.93. The third kappa shape index (κ3) is 2.71. The molecule has 0 aliphatic carbocycles. The monoisotopic (exact) mass is 178 g/mol. The van der Waals surface area contributed by atoms with E-state index in [1.807, 2.05) is 0 Å². The Morgan fingerprint density at radius 2 is 2.50 bits per heavy atom. The molecule has 2 atom stereocenters. The Labute approximate surface area is 72.7 Å². The second kappa shape index (κ2) is 4.50. The first-order valence-electron chi connectivity index (χ1n) is 4.00. The van der Waals surface area contributed by atoms with Gasteiger partial charge in [0.05, 0.1) is 0 Å². The van der Waals surface area contributed by atoms with Crippen LogP contribution in [0.25, 0.3) is 0 Å². The van der Waals surface area contributed by atoms with E-state index in [0.717, 1.165) is 17.0 Å². The molecule has 1 fully saturated rings. The predicted octanol–water partition coefficient (Wildman–Crippen LogP) is 3.15. The van der Waals surface area contributed by atoms with Gasteiger partial charge in [-0.2, -0.15) is 11.8 Å². The fraction of sp³-hybridized carbons (Fsp3) is 1.00. The van der Waals surface area contributed by atoms with Crippen molar-refractivity contribution in [3.63, 3.8) is 0 Å². The minimum Gasteiger partial charge on any atom is -0.159 e. The molecule has 0 nitrogen and oxygen atoms in total. The van der Waals surface area contributed by atoms with Crippen molar-refractivity contribution in [3.05, 3.63) is 0 Å². The van der Waals surface area contributed by atoms with Crippen LogP contribution in [0.5, 0.6) is 0 Å². The van der Waals surface area contributed by atoms with Gasteiger partial charge in [0.2, 0.25) is 0 Å². The van der Waals surface area contributed by atoms with Crippen molar-refractivity contribution in [1.29, 1.82) is 0 Å². The van der Waals surface area contributed by atoms with Crippen LogP contribution in [-0.2, 0) is 0 Å². The van der Waals surface area contributed by atoms with Crippen LogP contribution >= 0.6 is 23.4 Å². The van der Waals surface area contributed by atoms with Gasteiger partial charge in [-0.05, 0) is 30.9 Å². The zero-order chi connectivity index (χ0) is 7.40. The van der Waals surface area contributed by atoms with Crippen molar-refractivity contribution in [3.8, 4) is 0 Å². The van der Waals surface area contributed by atoms with E-state index in [2.05, 4.69) is 18.7 Å². The summed E-state index contributed by atoms with van der Waals surface area (Å²) in [5.74, 6) is 2.92. The van der Waals surface area contributed by atoms with E-state index in [4.69, 9.17) is 11.6 Å². The maximum atomic E-state index is 5.72. The van der Waals surface area contributed by atoms with Crippen LogP contribution in [0.3, 0.4) is 0 Å². The minimum atomic E-state index is 0.720. The molecule has 0 saturated carbocycles. The molecule has 1 rings (SSSR count). The van der Waals surface area contributed by atoms with Gasteiger partial charge in [0.1, 0.15) is 0 Å². The second-order valence-corrected chi connectivity index (χ2v) is 4.85. The number of halogens is 1. The maximum absolute atomic E-state index is 5.72. The Balaban J connectivity index is 2.11. The lowest BCUT2D eigenvalue weighted by molar-refractivity contribution is 0.563. The van der Waals surface area contributed by atoms with E-state index in [1.54, 1.807) is 0 Å². The average molecular weight is 179 g/mol. The van der Waals surface area contributed by atoms with Gasteiger partial charge in [-0.25, -0.2) is 0 Å². The van der Waals surface area contributed by atoms with Crippen molar-refractivity contribution in [1.82, 2.24) is 0 Å². The molecule has 10 heavy (non-hydrogen) atoms. The first kappa shape index (κ1) is 8.73. The normalized spacial score (nSPS) is 28.8.